The van der Waals surface area contributed by atoms with E-state index in [4.69, 9.17) is 0 Å². The predicted octanol–water partition coefficient (Wildman–Crippen LogP) is 2.77. The van der Waals surface area contributed by atoms with Crippen molar-refractivity contribution in [2.24, 2.45) is 0 Å². The summed E-state index contributed by atoms with van der Waals surface area (Å²) in [5, 5.41) is 3.25. The Labute approximate surface area is 119 Å². The van der Waals surface area contributed by atoms with E-state index in [1.807, 2.05) is 6.92 Å². The van der Waals surface area contributed by atoms with Gasteiger partial charge in [-0.1, -0.05) is 0 Å². The molecule has 6 heteroatoms. The number of rotatable bonds is 2. The largest absolute Gasteiger partial charge is 0.314 e. The van der Waals surface area contributed by atoms with E-state index >= 15 is 0 Å². The van der Waals surface area contributed by atoms with Crippen LogP contribution in [0.25, 0.3) is 0 Å². The van der Waals surface area contributed by atoms with Crippen molar-refractivity contribution in [2.75, 3.05) is 26.2 Å². The summed E-state index contributed by atoms with van der Waals surface area (Å²) >= 11 is 0. The minimum absolute atomic E-state index is 0. The first-order valence-electron chi connectivity index (χ1n) is 5.57. The Hall–Kier alpha value is -0.420. The van der Waals surface area contributed by atoms with Crippen LogP contribution in [-0.2, 0) is 0 Å². The maximum Gasteiger partial charge on any atom is 0.126 e. The van der Waals surface area contributed by atoms with Crippen LogP contribution in [0.2, 0.25) is 0 Å². The molecule has 0 aromatic heterocycles. The lowest BCUT2D eigenvalue weighted by molar-refractivity contribution is 0.185. The van der Waals surface area contributed by atoms with Gasteiger partial charge in [-0.2, -0.15) is 0 Å². The molecular weight excluding hydrogens is 281 g/mol. The van der Waals surface area contributed by atoms with E-state index in [1.165, 1.54) is 12.1 Å². The molecule has 1 aromatic carbocycles. The second-order valence-corrected chi connectivity index (χ2v) is 4.16. The van der Waals surface area contributed by atoms with Crippen molar-refractivity contribution in [2.45, 2.75) is 13.0 Å². The van der Waals surface area contributed by atoms with Crippen molar-refractivity contribution in [3.05, 3.63) is 35.4 Å². The smallest absolute Gasteiger partial charge is 0.126 e. The highest BCUT2D eigenvalue weighted by Crippen LogP contribution is 2.22. The van der Waals surface area contributed by atoms with Crippen LogP contribution < -0.4 is 5.32 Å². The second-order valence-electron chi connectivity index (χ2n) is 4.16. The summed E-state index contributed by atoms with van der Waals surface area (Å²) in [5.41, 5.74) is 0.708. The number of piperazine rings is 1. The van der Waals surface area contributed by atoms with Gasteiger partial charge in [0.25, 0.3) is 0 Å². The molecule has 1 N–H and O–H groups in total. The Bertz CT molecular complexity index is 351. The average molecular weight is 299 g/mol. The first kappa shape index (κ1) is 17.6. The first-order valence-corrected chi connectivity index (χ1v) is 5.57. The molecule has 0 spiro atoms. The normalized spacial score (nSPS) is 17.5. The van der Waals surface area contributed by atoms with Crippen molar-refractivity contribution in [3.63, 3.8) is 0 Å². The molecule has 1 aliphatic rings. The number of nitrogens with zero attached hydrogens (tertiary/aromatic N) is 1. The lowest BCUT2D eigenvalue weighted by Crippen LogP contribution is -2.44. The maximum atomic E-state index is 13.1. The number of nitrogens with one attached hydrogen (secondary N) is 1. The Morgan fingerprint density at radius 3 is 2.06 bits per heavy atom. The SMILES string of the molecule is C[C@@H](c1cc(F)cc(F)c1)N1CCNCC1.Cl.Cl. The molecule has 1 fully saturated rings. The zero-order valence-electron chi connectivity index (χ0n) is 10.2. The van der Waals surface area contributed by atoms with Crippen LogP contribution in [0, 0.1) is 11.6 Å². The summed E-state index contributed by atoms with van der Waals surface area (Å²) in [6.45, 7) is 5.68. The molecule has 0 saturated carbocycles. The van der Waals surface area contributed by atoms with E-state index in [1.54, 1.807) is 0 Å². The van der Waals surface area contributed by atoms with E-state index in [2.05, 4.69) is 10.2 Å². The van der Waals surface area contributed by atoms with Gasteiger partial charge in [-0.05, 0) is 24.6 Å². The molecule has 1 aromatic rings. The molecule has 0 bridgehead atoms. The Morgan fingerprint density at radius 1 is 1.06 bits per heavy atom. The minimum Gasteiger partial charge on any atom is -0.314 e. The van der Waals surface area contributed by atoms with Crippen LogP contribution in [0.1, 0.15) is 18.5 Å². The molecule has 0 radical (unpaired) electrons. The topological polar surface area (TPSA) is 15.3 Å². The summed E-state index contributed by atoms with van der Waals surface area (Å²) in [4.78, 5) is 2.23. The number of hydrogen-bond acceptors (Lipinski definition) is 2. The molecule has 1 aliphatic heterocycles. The lowest BCUT2D eigenvalue weighted by Gasteiger charge is -2.33. The Morgan fingerprint density at radius 2 is 1.56 bits per heavy atom. The van der Waals surface area contributed by atoms with Gasteiger partial charge >= 0.3 is 0 Å². The van der Waals surface area contributed by atoms with Gasteiger partial charge < -0.3 is 5.32 Å². The molecule has 0 aliphatic carbocycles. The van der Waals surface area contributed by atoms with Crippen molar-refractivity contribution in [3.8, 4) is 0 Å². The monoisotopic (exact) mass is 298 g/mol. The number of benzene rings is 1. The van der Waals surface area contributed by atoms with Gasteiger partial charge in [0, 0.05) is 38.3 Å². The van der Waals surface area contributed by atoms with Crippen LogP contribution in [-0.4, -0.2) is 31.1 Å². The van der Waals surface area contributed by atoms with Gasteiger partial charge in [-0.25, -0.2) is 8.78 Å². The first-order chi connectivity index (χ1) is 7.66. The Balaban J connectivity index is 0.00000144. The van der Waals surface area contributed by atoms with Crippen molar-refractivity contribution in [1.82, 2.24) is 10.2 Å². The maximum absolute atomic E-state index is 13.1. The molecule has 104 valence electrons. The van der Waals surface area contributed by atoms with Gasteiger partial charge in [0.15, 0.2) is 0 Å². The van der Waals surface area contributed by atoms with Gasteiger partial charge in [0.05, 0.1) is 0 Å². The summed E-state index contributed by atoms with van der Waals surface area (Å²) < 4.78 is 26.2. The number of hydrogen-bond donors (Lipinski definition) is 1. The molecule has 18 heavy (non-hydrogen) atoms. The summed E-state index contributed by atoms with van der Waals surface area (Å²) in [6, 6.07) is 3.80. The van der Waals surface area contributed by atoms with Gasteiger partial charge in [-0.3, -0.25) is 4.90 Å². The minimum atomic E-state index is -0.503. The Kier molecular flexibility index (Phi) is 7.71. The molecule has 1 saturated heterocycles. The van der Waals surface area contributed by atoms with Crippen LogP contribution in [0.4, 0.5) is 8.78 Å². The van der Waals surface area contributed by atoms with Crippen molar-refractivity contribution >= 4 is 24.8 Å². The van der Waals surface area contributed by atoms with Gasteiger partial charge in [0.2, 0.25) is 0 Å². The van der Waals surface area contributed by atoms with E-state index in [0.717, 1.165) is 32.2 Å². The zero-order valence-corrected chi connectivity index (χ0v) is 11.8. The van der Waals surface area contributed by atoms with E-state index in [-0.39, 0.29) is 30.9 Å². The zero-order chi connectivity index (χ0) is 11.5. The van der Waals surface area contributed by atoms with Crippen LogP contribution in [0.3, 0.4) is 0 Å². The van der Waals surface area contributed by atoms with Crippen LogP contribution in [0.5, 0.6) is 0 Å². The molecule has 1 atom stereocenters. The van der Waals surface area contributed by atoms with Crippen molar-refractivity contribution < 1.29 is 8.78 Å². The molecule has 2 rings (SSSR count). The molecule has 0 unspecified atom stereocenters. The third kappa shape index (κ3) is 4.35. The van der Waals surface area contributed by atoms with E-state index in [0.29, 0.717) is 5.56 Å². The molecule has 1 heterocycles. The van der Waals surface area contributed by atoms with E-state index in [9.17, 15) is 8.78 Å². The average Bonchev–Trinajstić information content (AvgIpc) is 2.28. The fourth-order valence-electron chi connectivity index (χ4n) is 2.10. The van der Waals surface area contributed by atoms with Crippen LogP contribution in [0.15, 0.2) is 18.2 Å². The second kappa shape index (κ2) is 7.89. The number of halogens is 4. The summed E-state index contributed by atoms with van der Waals surface area (Å²) in [7, 11) is 0. The molecule has 0 amide bonds. The summed E-state index contributed by atoms with van der Waals surface area (Å²) in [5.74, 6) is -1.01. The highest BCUT2D eigenvalue weighted by Gasteiger charge is 2.18. The highest BCUT2D eigenvalue weighted by molar-refractivity contribution is 5.85. The third-order valence-electron chi connectivity index (χ3n) is 3.07. The fraction of sp³-hybridized carbons (Fsp3) is 0.500. The summed E-state index contributed by atoms with van der Waals surface area (Å²) in [6.07, 6.45) is 0. The standard InChI is InChI=1S/C12H16F2N2.2ClH/c1-9(16-4-2-15-3-5-16)10-6-11(13)8-12(14)7-10;;/h6-9,15H,2-5H2,1H3;2*1H/t9-;;/m0../s1. The lowest BCUT2D eigenvalue weighted by atomic mass is 10.1. The van der Waals surface area contributed by atoms with Crippen molar-refractivity contribution in [1.29, 1.82) is 0 Å². The van der Waals surface area contributed by atoms with Gasteiger partial charge in [0.1, 0.15) is 11.6 Å². The predicted molar refractivity (Wildman–Crippen MR) is 73.7 cm³/mol. The van der Waals surface area contributed by atoms with Crippen LogP contribution >= 0.6 is 24.8 Å². The van der Waals surface area contributed by atoms with E-state index < -0.39 is 11.6 Å². The fourth-order valence-corrected chi connectivity index (χ4v) is 2.10. The molecule has 2 nitrogen and oxygen atoms in total. The highest BCUT2D eigenvalue weighted by atomic mass is 35.5. The van der Waals surface area contributed by atoms with Gasteiger partial charge in [-0.15, -0.1) is 24.8 Å². The third-order valence-corrected chi connectivity index (χ3v) is 3.07. The quantitative estimate of drug-likeness (QED) is 0.903. The molecular formula is C12H18Cl2F2N2.